The molecule has 3 nitrogen and oxygen atoms in total. The summed E-state index contributed by atoms with van der Waals surface area (Å²) in [6.45, 7) is 1.40. The third-order valence-corrected chi connectivity index (χ3v) is 2.71. The van der Waals surface area contributed by atoms with Crippen molar-refractivity contribution in [3.8, 4) is 0 Å². The van der Waals surface area contributed by atoms with Crippen molar-refractivity contribution in [3.63, 3.8) is 0 Å². The summed E-state index contributed by atoms with van der Waals surface area (Å²) < 4.78 is 16.7. The molecule has 2 rings (SSSR count). The summed E-state index contributed by atoms with van der Waals surface area (Å²) in [5.74, 6) is 0.00466. The van der Waals surface area contributed by atoms with Gasteiger partial charge in [-0.1, -0.05) is 0 Å². The number of halogens is 1. The van der Waals surface area contributed by atoms with Gasteiger partial charge in [-0.05, 0) is 19.3 Å². The minimum Gasteiger partial charge on any atom is -0.327 e. The molecule has 0 saturated carbocycles. The maximum absolute atomic E-state index is 5.71. The van der Waals surface area contributed by atoms with Crippen LogP contribution in [-0.2, 0) is 14.2 Å². The highest BCUT2D eigenvalue weighted by Gasteiger charge is 2.45. The van der Waals surface area contributed by atoms with Crippen molar-refractivity contribution in [3.05, 3.63) is 0 Å². The molecule has 13 heavy (non-hydrogen) atoms. The molecule has 2 fully saturated rings. The molecular weight excluding hydrogens is 192 g/mol. The lowest BCUT2D eigenvalue weighted by molar-refractivity contribution is -0.313. The third kappa shape index (κ3) is 2.15. The van der Waals surface area contributed by atoms with Gasteiger partial charge in [0.1, 0.15) is 0 Å². The van der Waals surface area contributed by atoms with Crippen molar-refractivity contribution in [2.75, 3.05) is 19.1 Å². The molecule has 0 aromatic carbocycles. The van der Waals surface area contributed by atoms with E-state index in [1.807, 2.05) is 0 Å². The minimum atomic E-state index is -0.684. The van der Waals surface area contributed by atoms with Crippen LogP contribution in [0.5, 0.6) is 0 Å². The van der Waals surface area contributed by atoms with Crippen LogP contribution < -0.4 is 0 Å². The molecule has 2 saturated heterocycles. The molecule has 0 N–H and O–H groups in total. The highest BCUT2D eigenvalue weighted by Crippen LogP contribution is 2.35. The molecule has 0 aliphatic carbocycles. The molecule has 0 radical (unpaired) electrons. The lowest BCUT2D eigenvalue weighted by Crippen LogP contribution is -2.29. The van der Waals surface area contributed by atoms with Crippen LogP contribution in [0.2, 0.25) is 0 Å². The molecule has 0 aromatic rings. The van der Waals surface area contributed by atoms with Gasteiger partial charge in [0, 0.05) is 12.3 Å². The summed E-state index contributed by atoms with van der Waals surface area (Å²) in [5.41, 5.74) is 0. The predicted molar refractivity (Wildman–Crippen MR) is 48.7 cm³/mol. The van der Waals surface area contributed by atoms with Crippen LogP contribution in [0, 0.1) is 0 Å². The number of hydrogen-bond donors (Lipinski definition) is 0. The van der Waals surface area contributed by atoms with E-state index < -0.39 is 5.97 Å². The second-order valence-corrected chi connectivity index (χ2v) is 3.90. The first kappa shape index (κ1) is 9.71. The Morgan fingerprint density at radius 2 is 2.31 bits per heavy atom. The fraction of sp³-hybridized carbons (Fsp3) is 1.00. The largest absolute Gasteiger partial charge is 0.327 e. The molecular formula is C9H15ClO3. The van der Waals surface area contributed by atoms with Crippen LogP contribution in [0.25, 0.3) is 0 Å². The fourth-order valence-electron chi connectivity index (χ4n) is 1.78. The first-order valence-corrected chi connectivity index (χ1v) is 5.40. The summed E-state index contributed by atoms with van der Waals surface area (Å²) in [6, 6.07) is 0. The SMILES string of the molecule is ClCCCC1COC2(CCCO2)O1. The van der Waals surface area contributed by atoms with Crippen LogP contribution in [0.1, 0.15) is 25.7 Å². The summed E-state index contributed by atoms with van der Waals surface area (Å²) in [6.07, 6.45) is 4.02. The highest BCUT2D eigenvalue weighted by atomic mass is 35.5. The van der Waals surface area contributed by atoms with Gasteiger partial charge in [-0.25, -0.2) is 0 Å². The molecule has 0 amide bonds. The van der Waals surface area contributed by atoms with E-state index >= 15 is 0 Å². The molecule has 0 aromatic heterocycles. The minimum absolute atomic E-state index is 0.178. The van der Waals surface area contributed by atoms with Crippen LogP contribution in [0.15, 0.2) is 0 Å². The zero-order valence-corrected chi connectivity index (χ0v) is 8.39. The fourth-order valence-corrected chi connectivity index (χ4v) is 1.94. The number of ether oxygens (including phenoxy) is 3. The lowest BCUT2D eigenvalue weighted by atomic mass is 10.2. The molecule has 2 atom stereocenters. The van der Waals surface area contributed by atoms with E-state index in [1.54, 1.807) is 0 Å². The average Bonchev–Trinajstić information content (AvgIpc) is 2.74. The number of hydrogen-bond acceptors (Lipinski definition) is 3. The summed E-state index contributed by atoms with van der Waals surface area (Å²) in [4.78, 5) is 0. The van der Waals surface area contributed by atoms with Gasteiger partial charge >= 0.3 is 0 Å². The molecule has 0 bridgehead atoms. The van der Waals surface area contributed by atoms with Crippen LogP contribution >= 0.6 is 11.6 Å². The van der Waals surface area contributed by atoms with E-state index in [-0.39, 0.29) is 6.10 Å². The summed E-state index contributed by atoms with van der Waals surface area (Å²) >= 11 is 5.60. The Hall–Kier alpha value is 0.170. The van der Waals surface area contributed by atoms with Crippen molar-refractivity contribution in [1.82, 2.24) is 0 Å². The second-order valence-electron chi connectivity index (χ2n) is 3.52. The normalized spacial score (nSPS) is 39.0. The molecule has 2 heterocycles. The van der Waals surface area contributed by atoms with Gasteiger partial charge in [-0.15, -0.1) is 11.6 Å². The van der Waals surface area contributed by atoms with Gasteiger partial charge in [0.15, 0.2) is 0 Å². The van der Waals surface area contributed by atoms with Gasteiger partial charge in [0.05, 0.1) is 19.3 Å². The van der Waals surface area contributed by atoms with Gasteiger partial charge in [-0.2, -0.15) is 0 Å². The Kier molecular flexibility index (Phi) is 3.09. The van der Waals surface area contributed by atoms with Crippen molar-refractivity contribution in [1.29, 1.82) is 0 Å². The molecule has 1 spiro atoms. The van der Waals surface area contributed by atoms with Crippen LogP contribution in [0.4, 0.5) is 0 Å². The van der Waals surface area contributed by atoms with Gasteiger partial charge in [-0.3, -0.25) is 0 Å². The topological polar surface area (TPSA) is 27.7 Å². The smallest absolute Gasteiger partial charge is 0.283 e. The first-order valence-electron chi connectivity index (χ1n) is 4.86. The Balaban J connectivity index is 1.79. The Labute approximate surface area is 83.3 Å². The second kappa shape index (κ2) is 4.13. The predicted octanol–water partition coefficient (Wildman–Crippen LogP) is 1.89. The van der Waals surface area contributed by atoms with Gasteiger partial charge in [0.25, 0.3) is 5.97 Å². The van der Waals surface area contributed by atoms with Crippen molar-refractivity contribution in [2.24, 2.45) is 0 Å². The van der Waals surface area contributed by atoms with Crippen LogP contribution in [0.3, 0.4) is 0 Å². The van der Waals surface area contributed by atoms with Crippen LogP contribution in [-0.4, -0.2) is 31.2 Å². The van der Waals surface area contributed by atoms with E-state index in [0.717, 1.165) is 32.3 Å². The van der Waals surface area contributed by atoms with Gasteiger partial charge in [0.2, 0.25) is 0 Å². The molecule has 2 unspecified atom stereocenters. The van der Waals surface area contributed by atoms with Crippen molar-refractivity contribution >= 4 is 11.6 Å². The van der Waals surface area contributed by atoms with E-state index in [2.05, 4.69) is 0 Å². The Bertz CT molecular complexity index is 168. The maximum atomic E-state index is 5.71. The molecule has 76 valence electrons. The van der Waals surface area contributed by atoms with Crippen molar-refractivity contribution in [2.45, 2.75) is 37.8 Å². The number of rotatable bonds is 3. The first-order chi connectivity index (χ1) is 6.35. The third-order valence-electron chi connectivity index (χ3n) is 2.44. The van der Waals surface area contributed by atoms with E-state index in [0.29, 0.717) is 12.5 Å². The van der Waals surface area contributed by atoms with E-state index in [9.17, 15) is 0 Å². The van der Waals surface area contributed by atoms with E-state index in [1.165, 1.54) is 0 Å². The maximum Gasteiger partial charge on any atom is 0.283 e. The standard InChI is InChI=1S/C9H15ClO3/c10-5-1-3-8-7-12-9(13-8)4-2-6-11-9/h8H,1-7H2. The van der Waals surface area contributed by atoms with E-state index in [4.69, 9.17) is 25.8 Å². The van der Waals surface area contributed by atoms with Gasteiger partial charge < -0.3 is 14.2 Å². The highest BCUT2D eigenvalue weighted by molar-refractivity contribution is 6.17. The number of alkyl halides is 1. The average molecular weight is 207 g/mol. The molecule has 4 heteroatoms. The quantitative estimate of drug-likeness (QED) is 0.660. The molecule has 2 aliphatic rings. The zero-order valence-electron chi connectivity index (χ0n) is 7.63. The van der Waals surface area contributed by atoms with Crippen molar-refractivity contribution < 1.29 is 14.2 Å². The Morgan fingerprint density at radius 1 is 1.38 bits per heavy atom. The monoisotopic (exact) mass is 206 g/mol. The Morgan fingerprint density at radius 3 is 3.00 bits per heavy atom. The zero-order chi connectivity index (χ0) is 9.15. The molecule has 2 aliphatic heterocycles. The summed E-state index contributed by atoms with van der Waals surface area (Å²) in [5, 5.41) is 0. The summed E-state index contributed by atoms with van der Waals surface area (Å²) in [7, 11) is 0. The lowest BCUT2D eigenvalue weighted by Gasteiger charge is -2.20.